The van der Waals surface area contributed by atoms with Crippen molar-refractivity contribution in [3.05, 3.63) is 15.8 Å². The van der Waals surface area contributed by atoms with Crippen molar-refractivity contribution >= 4 is 17.5 Å². The molecule has 2 heterocycles. The van der Waals surface area contributed by atoms with Gasteiger partial charge in [-0.3, -0.25) is 10.1 Å². The average Bonchev–Trinajstić information content (AvgIpc) is 2.90. The second-order valence-corrected chi connectivity index (χ2v) is 5.48. The molecule has 2 unspecified atom stereocenters. The van der Waals surface area contributed by atoms with Gasteiger partial charge in [-0.2, -0.15) is 5.10 Å². The third kappa shape index (κ3) is 2.57. The van der Waals surface area contributed by atoms with Crippen molar-refractivity contribution in [1.82, 2.24) is 9.78 Å². The lowest BCUT2D eigenvalue weighted by Crippen LogP contribution is -2.40. The van der Waals surface area contributed by atoms with E-state index < -0.39 is 16.9 Å². The van der Waals surface area contributed by atoms with E-state index in [0.29, 0.717) is 31.0 Å². The summed E-state index contributed by atoms with van der Waals surface area (Å²) in [7, 11) is 0. The summed E-state index contributed by atoms with van der Waals surface area (Å²) < 4.78 is 1.57. The molecule has 0 bridgehead atoms. The van der Waals surface area contributed by atoms with E-state index in [1.807, 2.05) is 13.8 Å². The van der Waals surface area contributed by atoms with Crippen molar-refractivity contribution in [2.45, 2.75) is 46.2 Å². The number of hydrogen-bond acceptors (Lipinski definition) is 5. The van der Waals surface area contributed by atoms with Gasteiger partial charge in [0.2, 0.25) is 5.82 Å². The van der Waals surface area contributed by atoms with Crippen LogP contribution >= 0.6 is 0 Å². The fourth-order valence-electron chi connectivity index (χ4n) is 2.99. The summed E-state index contributed by atoms with van der Waals surface area (Å²) in [6.07, 6.45) is 1.47. The Hall–Kier alpha value is -2.12. The summed E-state index contributed by atoms with van der Waals surface area (Å²) in [6.45, 7) is 6.42. The van der Waals surface area contributed by atoms with Crippen LogP contribution in [0.15, 0.2) is 0 Å². The van der Waals surface area contributed by atoms with Gasteiger partial charge in [0.15, 0.2) is 0 Å². The lowest BCUT2D eigenvalue weighted by atomic mass is 10.0. The topological polar surface area (TPSA) is 101 Å². The van der Waals surface area contributed by atoms with Gasteiger partial charge in [0.25, 0.3) is 0 Å². The predicted molar refractivity (Wildman–Crippen MR) is 76.5 cm³/mol. The molecule has 1 fully saturated rings. The third-order valence-corrected chi connectivity index (χ3v) is 3.91. The number of anilines is 1. The molecule has 8 nitrogen and oxygen atoms in total. The molecule has 0 amide bonds. The van der Waals surface area contributed by atoms with Gasteiger partial charge in [0.05, 0.1) is 4.92 Å². The number of nitrogens with zero attached hydrogens (tertiary/aromatic N) is 4. The molecule has 8 heteroatoms. The normalized spacial score (nSPS) is 21.8. The Morgan fingerprint density at radius 1 is 1.57 bits per heavy atom. The zero-order chi connectivity index (χ0) is 15.7. The molecule has 116 valence electrons. The molecular weight excluding hydrogens is 276 g/mol. The van der Waals surface area contributed by atoms with Crippen LogP contribution in [0.2, 0.25) is 0 Å². The smallest absolute Gasteiger partial charge is 0.333 e. The van der Waals surface area contributed by atoms with Crippen LogP contribution in [0.25, 0.3) is 0 Å². The molecule has 1 aromatic rings. The molecule has 21 heavy (non-hydrogen) atoms. The number of aromatic nitrogens is 2. The lowest BCUT2D eigenvalue weighted by molar-refractivity contribution is -0.384. The number of aryl methyl sites for hydroxylation is 2. The summed E-state index contributed by atoms with van der Waals surface area (Å²) in [6, 6.07) is -0.740. The second-order valence-electron chi connectivity index (χ2n) is 5.48. The highest BCUT2D eigenvalue weighted by Gasteiger charge is 2.42. The summed E-state index contributed by atoms with van der Waals surface area (Å²) in [5.74, 6) is -0.667. The van der Waals surface area contributed by atoms with E-state index in [4.69, 9.17) is 0 Å². The van der Waals surface area contributed by atoms with Crippen LogP contribution in [-0.4, -0.2) is 38.4 Å². The number of carboxylic acid groups (broad SMARTS) is 1. The molecule has 0 radical (unpaired) electrons. The Morgan fingerprint density at radius 2 is 2.24 bits per heavy atom. The van der Waals surface area contributed by atoms with E-state index >= 15 is 0 Å². The Kier molecular flexibility index (Phi) is 4.15. The van der Waals surface area contributed by atoms with Gasteiger partial charge in [-0.05, 0) is 25.7 Å². The Bertz CT molecular complexity index is 569. The quantitative estimate of drug-likeness (QED) is 0.656. The van der Waals surface area contributed by atoms with Gasteiger partial charge in [-0.1, -0.05) is 13.8 Å². The zero-order valence-corrected chi connectivity index (χ0v) is 12.4. The highest BCUT2D eigenvalue weighted by molar-refractivity contribution is 5.80. The largest absolute Gasteiger partial charge is 0.480 e. The van der Waals surface area contributed by atoms with Gasteiger partial charge in [0.1, 0.15) is 11.7 Å². The van der Waals surface area contributed by atoms with Gasteiger partial charge in [0, 0.05) is 13.1 Å². The van der Waals surface area contributed by atoms with E-state index in [1.54, 1.807) is 16.5 Å². The maximum atomic E-state index is 11.5. The summed E-state index contributed by atoms with van der Waals surface area (Å²) in [5.41, 5.74) is 0.246. The molecule has 1 aromatic heterocycles. The first-order valence-electron chi connectivity index (χ1n) is 7.09. The standard InChI is InChI=1S/C13H20N4O4/c1-4-6-16-12(11(17(20)21)9(3)14-16)15-7-5-8(2)10(15)13(18)19/h8,10H,4-7H2,1-3H3,(H,18,19). The van der Waals surface area contributed by atoms with E-state index in [9.17, 15) is 20.0 Å². The van der Waals surface area contributed by atoms with Crippen molar-refractivity contribution < 1.29 is 14.8 Å². The Labute approximate surface area is 122 Å². The van der Waals surface area contributed by atoms with Crippen molar-refractivity contribution in [3.63, 3.8) is 0 Å². The third-order valence-electron chi connectivity index (χ3n) is 3.91. The van der Waals surface area contributed by atoms with Crippen molar-refractivity contribution in [3.8, 4) is 0 Å². The van der Waals surface area contributed by atoms with E-state index in [1.165, 1.54) is 0 Å². The Morgan fingerprint density at radius 3 is 2.76 bits per heavy atom. The lowest BCUT2D eigenvalue weighted by Gasteiger charge is -2.25. The molecular formula is C13H20N4O4. The first-order valence-corrected chi connectivity index (χ1v) is 7.09. The van der Waals surface area contributed by atoms with E-state index in [2.05, 4.69) is 5.10 Å². The maximum absolute atomic E-state index is 11.5. The molecule has 0 saturated carbocycles. The van der Waals surface area contributed by atoms with Crippen molar-refractivity contribution in [2.24, 2.45) is 5.92 Å². The SMILES string of the molecule is CCCn1nc(C)c([N+](=O)[O-])c1N1CCC(C)C1C(=O)O. The fourth-order valence-corrected chi connectivity index (χ4v) is 2.99. The fraction of sp³-hybridized carbons (Fsp3) is 0.692. The first kappa shape index (κ1) is 15.3. The number of nitro groups is 1. The monoisotopic (exact) mass is 296 g/mol. The minimum Gasteiger partial charge on any atom is -0.480 e. The van der Waals surface area contributed by atoms with Crippen LogP contribution in [0.4, 0.5) is 11.5 Å². The first-order chi connectivity index (χ1) is 9.88. The molecule has 0 aliphatic carbocycles. The summed E-state index contributed by atoms with van der Waals surface area (Å²) >= 11 is 0. The van der Waals surface area contributed by atoms with E-state index in [-0.39, 0.29) is 11.6 Å². The number of hydrogen-bond donors (Lipinski definition) is 1. The minimum absolute atomic E-state index is 0.0487. The minimum atomic E-state index is -0.948. The van der Waals surface area contributed by atoms with Gasteiger partial charge in [-0.15, -0.1) is 0 Å². The van der Waals surface area contributed by atoms with Crippen LogP contribution in [0, 0.1) is 23.0 Å². The molecule has 1 aliphatic heterocycles. The van der Waals surface area contributed by atoms with Crippen LogP contribution in [-0.2, 0) is 11.3 Å². The summed E-state index contributed by atoms with van der Waals surface area (Å²) in [4.78, 5) is 24.0. The molecule has 1 aliphatic rings. The van der Waals surface area contributed by atoms with Gasteiger partial charge < -0.3 is 10.0 Å². The number of carbonyl (C=O) groups is 1. The highest BCUT2D eigenvalue weighted by atomic mass is 16.6. The number of aliphatic carboxylic acids is 1. The molecule has 1 saturated heterocycles. The molecule has 2 rings (SSSR count). The van der Waals surface area contributed by atoms with Gasteiger partial charge >= 0.3 is 11.7 Å². The molecule has 0 spiro atoms. The number of carboxylic acids is 1. The van der Waals surface area contributed by atoms with E-state index in [0.717, 1.165) is 6.42 Å². The predicted octanol–water partition coefficient (Wildman–Crippen LogP) is 1.81. The second kappa shape index (κ2) is 5.71. The molecule has 2 atom stereocenters. The molecule has 0 aromatic carbocycles. The van der Waals surface area contributed by atoms with Crippen LogP contribution in [0.1, 0.15) is 32.4 Å². The Balaban J connectivity index is 2.55. The van der Waals surface area contributed by atoms with Gasteiger partial charge in [-0.25, -0.2) is 9.48 Å². The maximum Gasteiger partial charge on any atom is 0.333 e. The van der Waals surface area contributed by atoms with Crippen LogP contribution < -0.4 is 4.90 Å². The van der Waals surface area contributed by atoms with Crippen molar-refractivity contribution in [2.75, 3.05) is 11.4 Å². The number of rotatable bonds is 5. The van der Waals surface area contributed by atoms with Crippen molar-refractivity contribution in [1.29, 1.82) is 0 Å². The average molecular weight is 296 g/mol. The summed E-state index contributed by atoms with van der Waals surface area (Å²) in [5, 5.41) is 25.0. The zero-order valence-electron chi connectivity index (χ0n) is 12.4. The van der Waals surface area contributed by atoms with Crippen LogP contribution in [0.5, 0.6) is 0 Å². The molecule has 1 N–H and O–H groups in total. The highest BCUT2D eigenvalue weighted by Crippen LogP contribution is 2.38. The van der Waals surface area contributed by atoms with Crippen LogP contribution in [0.3, 0.4) is 0 Å².